The molecule has 0 atom stereocenters. The van der Waals surface area contributed by atoms with E-state index in [0.29, 0.717) is 45.7 Å². The van der Waals surface area contributed by atoms with Gasteiger partial charge < -0.3 is 23.5 Å². The van der Waals surface area contributed by atoms with Gasteiger partial charge in [0, 0.05) is 17.3 Å². The van der Waals surface area contributed by atoms with Gasteiger partial charge in [-0.1, -0.05) is 5.16 Å². The van der Waals surface area contributed by atoms with Crippen molar-refractivity contribution in [3.63, 3.8) is 0 Å². The average molecular weight is 562 g/mol. The molecule has 0 aliphatic carbocycles. The summed E-state index contributed by atoms with van der Waals surface area (Å²) in [6, 6.07) is 18.2. The number of rotatable bonds is 10. The van der Waals surface area contributed by atoms with Crippen molar-refractivity contribution in [1.82, 2.24) is 10.1 Å². The van der Waals surface area contributed by atoms with Crippen molar-refractivity contribution in [2.24, 2.45) is 0 Å². The molecule has 0 fully saturated rings. The molecule has 0 amide bonds. The SMILES string of the molecule is COc1ccc2c(Oc3ccc(NS(=O)(=O)c4ccc(OCc5c(C)noc5C)cc4)cc3)ccnc2c1OC. The first-order valence-electron chi connectivity index (χ1n) is 12.2. The van der Waals surface area contributed by atoms with Gasteiger partial charge in [0.1, 0.15) is 35.1 Å². The van der Waals surface area contributed by atoms with Gasteiger partial charge in [-0.05, 0) is 80.6 Å². The Hall–Kier alpha value is -4.77. The fourth-order valence-corrected chi connectivity index (χ4v) is 5.17. The van der Waals surface area contributed by atoms with Crippen molar-refractivity contribution < 1.29 is 31.9 Å². The number of fused-ring (bicyclic) bond motifs is 1. The summed E-state index contributed by atoms with van der Waals surface area (Å²) in [7, 11) is -0.707. The average Bonchev–Trinajstić information content (AvgIpc) is 3.28. The highest BCUT2D eigenvalue weighted by atomic mass is 32.2. The molecule has 5 aromatic rings. The lowest BCUT2D eigenvalue weighted by Gasteiger charge is -2.13. The van der Waals surface area contributed by atoms with Gasteiger partial charge in [0.25, 0.3) is 10.0 Å². The summed E-state index contributed by atoms with van der Waals surface area (Å²) in [4.78, 5) is 4.51. The second-order valence-electron chi connectivity index (χ2n) is 8.80. The second kappa shape index (κ2) is 11.1. The third kappa shape index (κ3) is 5.50. The second-order valence-corrected chi connectivity index (χ2v) is 10.5. The molecule has 206 valence electrons. The molecule has 40 heavy (non-hydrogen) atoms. The number of pyridine rings is 1. The van der Waals surface area contributed by atoms with E-state index >= 15 is 0 Å². The van der Waals surface area contributed by atoms with E-state index in [-0.39, 0.29) is 11.5 Å². The molecular formula is C29H27N3O7S. The fourth-order valence-electron chi connectivity index (χ4n) is 4.11. The zero-order valence-corrected chi connectivity index (χ0v) is 23.1. The molecule has 0 bridgehead atoms. The van der Waals surface area contributed by atoms with E-state index in [4.69, 9.17) is 23.5 Å². The number of nitrogens with one attached hydrogen (secondary N) is 1. The van der Waals surface area contributed by atoms with Gasteiger partial charge in [-0.2, -0.15) is 0 Å². The van der Waals surface area contributed by atoms with Crippen molar-refractivity contribution in [1.29, 1.82) is 0 Å². The summed E-state index contributed by atoms with van der Waals surface area (Å²) in [5.41, 5.74) is 2.61. The molecule has 0 saturated heterocycles. The lowest BCUT2D eigenvalue weighted by atomic mass is 10.1. The molecule has 10 nitrogen and oxygen atoms in total. The molecule has 11 heteroatoms. The van der Waals surface area contributed by atoms with Crippen LogP contribution in [0.1, 0.15) is 17.0 Å². The van der Waals surface area contributed by atoms with Crippen LogP contribution in [-0.2, 0) is 16.6 Å². The Labute approximate surface area is 231 Å². The van der Waals surface area contributed by atoms with Crippen LogP contribution in [0.3, 0.4) is 0 Å². The monoisotopic (exact) mass is 561 g/mol. The molecule has 3 aromatic carbocycles. The van der Waals surface area contributed by atoms with E-state index in [1.807, 2.05) is 19.9 Å². The predicted octanol–water partition coefficient (Wildman–Crippen LogP) is 6.03. The normalized spacial score (nSPS) is 11.3. The van der Waals surface area contributed by atoms with Gasteiger partial charge in [0.15, 0.2) is 11.5 Å². The molecule has 0 saturated carbocycles. The van der Waals surface area contributed by atoms with Gasteiger partial charge in [-0.3, -0.25) is 9.71 Å². The number of aromatic nitrogens is 2. The summed E-state index contributed by atoms with van der Waals surface area (Å²) in [6.07, 6.45) is 1.62. The fraction of sp³-hybridized carbons (Fsp3) is 0.172. The Bertz CT molecular complexity index is 1730. The highest BCUT2D eigenvalue weighted by Gasteiger charge is 2.16. The van der Waals surface area contributed by atoms with Crippen LogP contribution in [-0.4, -0.2) is 32.8 Å². The topological polar surface area (TPSA) is 122 Å². The lowest BCUT2D eigenvalue weighted by molar-refractivity contribution is 0.301. The van der Waals surface area contributed by atoms with Crippen molar-refractivity contribution in [2.75, 3.05) is 18.9 Å². The Morgan fingerprint density at radius 3 is 2.23 bits per heavy atom. The van der Waals surface area contributed by atoms with E-state index < -0.39 is 10.0 Å². The quantitative estimate of drug-likeness (QED) is 0.218. The number of hydrogen-bond acceptors (Lipinski definition) is 9. The first-order chi connectivity index (χ1) is 19.3. The minimum atomic E-state index is -3.82. The summed E-state index contributed by atoms with van der Waals surface area (Å²) in [6.45, 7) is 3.93. The van der Waals surface area contributed by atoms with Gasteiger partial charge in [0.2, 0.25) is 0 Å². The lowest BCUT2D eigenvalue weighted by Crippen LogP contribution is -2.12. The number of aryl methyl sites for hydroxylation is 2. The zero-order chi connectivity index (χ0) is 28.3. The van der Waals surface area contributed by atoms with Crippen LogP contribution in [0.2, 0.25) is 0 Å². The van der Waals surface area contributed by atoms with E-state index in [0.717, 1.165) is 16.6 Å². The number of methoxy groups -OCH3 is 2. The molecule has 0 radical (unpaired) electrons. The Morgan fingerprint density at radius 1 is 0.850 bits per heavy atom. The van der Waals surface area contributed by atoms with Crippen LogP contribution in [0, 0.1) is 13.8 Å². The van der Waals surface area contributed by atoms with E-state index in [9.17, 15) is 8.42 Å². The number of hydrogen-bond donors (Lipinski definition) is 1. The molecule has 0 aliphatic rings. The Balaban J connectivity index is 1.26. The van der Waals surface area contributed by atoms with Crippen molar-refractivity contribution >= 4 is 26.6 Å². The third-order valence-electron chi connectivity index (χ3n) is 6.25. The first kappa shape index (κ1) is 26.8. The summed E-state index contributed by atoms with van der Waals surface area (Å²) in [5.74, 6) is 3.37. The molecular weight excluding hydrogens is 534 g/mol. The zero-order valence-electron chi connectivity index (χ0n) is 22.3. The van der Waals surface area contributed by atoms with Crippen molar-refractivity contribution in [3.05, 3.63) is 89.9 Å². The minimum absolute atomic E-state index is 0.102. The third-order valence-corrected chi connectivity index (χ3v) is 7.64. The molecule has 0 unspecified atom stereocenters. The molecule has 0 aliphatic heterocycles. The maximum Gasteiger partial charge on any atom is 0.261 e. The maximum atomic E-state index is 12.9. The number of anilines is 1. The summed E-state index contributed by atoms with van der Waals surface area (Å²) < 4.78 is 56.3. The number of sulfonamides is 1. The van der Waals surface area contributed by atoms with Crippen LogP contribution in [0.25, 0.3) is 10.9 Å². The number of ether oxygens (including phenoxy) is 4. The predicted molar refractivity (Wildman–Crippen MR) is 149 cm³/mol. The van der Waals surface area contributed by atoms with Crippen LogP contribution in [0.15, 0.2) is 82.3 Å². The standard InChI is InChI=1S/C29H27N3O7S/c1-18-25(19(2)39-31-18)17-37-21-9-11-23(12-10-21)40(33,34)32-20-5-7-22(8-6-20)38-26-15-16-30-28-24(26)13-14-27(35-3)29(28)36-4/h5-16,32H,17H2,1-4H3. The number of benzene rings is 3. The molecule has 0 spiro atoms. The van der Waals surface area contributed by atoms with Crippen LogP contribution < -0.4 is 23.7 Å². The Morgan fingerprint density at radius 2 is 1.57 bits per heavy atom. The summed E-state index contributed by atoms with van der Waals surface area (Å²) in [5, 5.41) is 4.64. The molecule has 5 rings (SSSR count). The molecule has 2 aromatic heterocycles. The first-order valence-corrected chi connectivity index (χ1v) is 13.7. The van der Waals surface area contributed by atoms with Gasteiger partial charge in [0.05, 0.1) is 30.4 Å². The van der Waals surface area contributed by atoms with Crippen LogP contribution >= 0.6 is 0 Å². The Kier molecular flexibility index (Phi) is 7.47. The summed E-state index contributed by atoms with van der Waals surface area (Å²) >= 11 is 0. The highest BCUT2D eigenvalue weighted by molar-refractivity contribution is 7.92. The van der Waals surface area contributed by atoms with E-state index in [1.54, 1.807) is 68.9 Å². The van der Waals surface area contributed by atoms with Crippen LogP contribution in [0.4, 0.5) is 5.69 Å². The maximum absolute atomic E-state index is 12.9. The van der Waals surface area contributed by atoms with Crippen molar-refractivity contribution in [2.45, 2.75) is 25.3 Å². The minimum Gasteiger partial charge on any atom is -0.493 e. The van der Waals surface area contributed by atoms with Gasteiger partial charge in [-0.15, -0.1) is 0 Å². The van der Waals surface area contributed by atoms with E-state index in [2.05, 4.69) is 14.9 Å². The molecule has 1 N–H and O–H groups in total. The highest BCUT2D eigenvalue weighted by Crippen LogP contribution is 2.39. The van der Waals surface area contributed by atoms with Crippen molar-refractivity contribution in [3.8, 4) is 28.7 Å². The number of nitrogens with zero attached hydrogens (tertiary/aromatic N) is 2. The molecule has 2 heterocycles. The van der Waals surface area contributed by atoms with Gasteiger partial charge in [-0.25, -0.2) is 8.42 Å². The van der Waals surface area contributed by atoms with Crippen LogP contribution in [0.5, 0.6) is 28.7 Å². The largest absolute Gasteiger partial charge is 0.493 e. The smallest absolute Gasteiger partial charge is 0.261 e. The van der Waals surface area contributed by atoms with Gasteiger partial charge >= 0.3 is 0 Å². The van der Waals surface area contributed by atoms with E-state index in [1.165, 1.54) is 12.1 Å².